The fourth-order valence-electron chi connectivity index (χ4n) is 3.15. The number of nitrogen functional groups attached to an aromatic ring is 1. The molecular formula is C23H31N5O3. The number of amides is 2. The van der Waals surface area contributed by atoms with Gasteiger partial charge < -0.3 is 26.4 Å². The lowest BCUT2D eigenvalue weighted by Crippen LogP contribution is -2.49. The predicted molar refractivity (Wildman–Crippen MR) is 121 cm³/mol. The number of rotatable bonds is 11. The van der Waals surface area contributed by atoms with E-state index in [0.717, 1.165) is 12.0 Å². The molecule has 0 aliphatic carbocycles. The maximum Gasteiger partial charge on any atom is 0.240 e. The number of phenolic OH excluding ortho intramolecular Hbond substituents is 1. The Hall–Kier alpha value is -3.39. The van der Waals surface area contributed by atoms with Crippen LogP contribution in [-0.2, 0) is 22.6 Å². The second-order valence-corrected chi connectivity index (χ2v) is 7.43. The number of nitrogens with zero attached hydrogens (tertiary/aromatic N) is 1. The van der Waals surface area contributed by atoms with Gasteiger partial charge in [-0.3, -0.25) is 15.0 Å². The number of likely N-dealkylation sites (N-methyl/N-ethyl adjacent to an activating group) is 1. The number of nitrogens with one attached hydrogen (secondary N) is 3. The first kappa shape index (κ1) is 23.9. The lowest BCUT2D eigenvalue weighted by molar-refractivity contribution is -0.136. The molecule has 2 aromatic rings. The summed E-state index contributed by atoms with van der Waals surface area (Å²) >= 11 is 0. The van der Waals surface area contributed by atoms with Crippen LogP contribution in [0.1, 0.15) is 30.0 Å². The number of carbonyl (C=O) groups excluding carboxylic acids is 2. The summed E-state index contributed by atoms with van der Waals surface area (Å²) in [4.78, 5) is 26.7. The lowest BCUT2D eigenvalue weighted by atomic mass is 10.0. The van der Waals surface area contributed by atoms with Crippen molar-refractivity contribution in [1.29, 1.82) is 5.41 Å². The summed E-state index contributed by atoms with van der Waals surface area (Å²) in [6.45, 7) is 2.86. The van der Waals surface area contributed by atoms with Gasteiger partial charge in [0.05, 0.1) is 18.2 Å². The van der Waals surface area contributed by atoms with Gasteiger partial charge in [-0.15, -0.1) is 0 Å². The van der Waals surface area contributed by atoms with Crippen LogP contribution < -0.4 is 16.4 Å². The van der Waals surface area contributed by atoms with Gasteiger partial charge in [-0.05, 0) is 42.6 Å². The summed E-state index contributed by atoms with van der Waals surface area (Å²) in [5, 5.41) is 23.3. The Bertz CT molecular complexity index is 901. The fourth-order valence-corrected chi connectivity index (χ4v) is 3.15. The highest BCUT2D eigenvalue weighted by atomic mass is 16.3. The fraction of sp³-hybridized carbons (Fsp3) is 0.348. The molecule has 0 aliphatic rings. The maximum absolute atomic E-state index is 12.9. The van der Waals surface area contributed by atoms with Crippen molar-refractivity contribution in [3.8, 4) is 5.75 Å². The molecule has 31 heavy (non-hydrogen) atoms. The Morgan fingerprint density at radius 3 is 2.48 bits per heavy atom. The van der Waals surface area contributed by atoms with E-state index in [1.54, 1.807) is 13.1 Å². The van der Waals surface area contributed by atoms with Crippen LogP contribution in [0, 0.1) is 5.41 Å². The normalized spacial score (nSPS) is 11.5. The monoisotopic (exact) mass is 425 g/mol. The first-order valence-corrected chi connectivity index (χ1v) is 10.3. The minimum Gasteiger partial charge on any atom is -0.507 e. The summed E-state index contributed by atoms with van der Waals surface area (Å²) in [6, 6.07) is 14.0. The van der Waals surface area contributed by atoms with Gasteiger partial charge >= 0.3 is 0 Å². The van der Waals surface area contributed by atoms with Crippen molar-refractivity contribution in [2.45, 2.75) is 32.4 Å². The third-order valence-electron chi connectivity index (χ3n) is 4.82. The number of hydrogen-bond acceptors (Lipinski definition) is 5. The second kappa shape index (κ2) is 11.7. The molecule has 0 aliphatic heterocycles. The Morgan fingerprint density at radius 2 is 1.87 bits per heavy atom. The summed E-state index contributed by atoms with van der Waals surface area (Å²) in [6.07, 6.45) is 1.45. The van der Waals surface area contributed by atoms with Crippen LogP contribution in [0.2, 0.25) is 0 Å². The molecule has 8 heteroatoms. The molecule has 8 nitrogen and oxygen atoms in total. The smallest absolute Gasteiger partial charge is 0.240 e. The highest BCUT2D eigenvalue weighted by Crippen LogP contribution is 2.18. The zero-order valence-corrected chi connectivity index (χ0v) is 18.0. The number of nitrogens with two attached hydrogens (primary N) is 1. The molecule has 1 atom stereocenters. The van der Waals surface area contributed by atoms with Crippen LogP contribution in [0.3, 0.4) is 0 Å². The Balaban J connectivity index is 1.92. The van der Waals surface area contributed by atoms with E-state index in [1.807, 2.05) is 37.3 Å². The van der Waals surface area contributed by atoms with E-state index in [-0.39, 0.29) is 42.1 Å². The SMILES string of the molecule is CCCNC(Cc1ccccc1)C(=O)N(C)CC(=O)NCc1ccc(C(=N)N)c(O)c1. The quantitative estimate of drug-likeness (QED) is 0.274. The molecule has 0 fully saturated rings. The largest absolute Gasteiger partial charge is 0.507 e. The number of phenols is 1. The van der Waals surface area contributed by atoms with E-state index < -0.39 is 6.04 Å². The summed E-state index contributed by atoms with van der Waals surface area (Å²) in [5.74, 6) is -0.789. The topological polar surface area (TPSA) is 132 Å². The molecule has 0 bridgehead atoms. The summed E-state index contributed by atoms with van der Waals surface area (Å²) in [5.41, 5.74) is 7.34. The van der Waals surface area contributed by atoms with E-state index in [0.29, 0.717) is 18.5 Å². The molecule has 1 unspecified atom stereocenters. The number of benzene rings is 2. The van der Waals surface area contributed by atoms with E-state index in [9.17, 15) is 14.7 Å². The molecule has 2 aromatic carbocycles. The molecule has 6 N–H and O–H groups in total. The molecule has 0 heterocycles. The molecule has 0 radical (unpaired) electrons. The summed E-state index contributed by atoms with van der Waals surface area (Å²) < 4.78 is 0. The highest BCUT2D eigenvalue weighted by Gasteiger charge is 2.23. The Morgan fingerprint density at radius 1 is 1.16 bits per heavy atom. The summed E-state index contributed by atoms with van der Waals surface area (Å²) in [7, 11) is 1.61. The van der Waals surface area contributed by atoms with Crippen molar-refractivity contribution in [1.82, 2.24) is 15.5 Å². The van der Waals surface area contributed by atoms with Gasteiger partial charge in [0.1, 0.15) is 11.6 Å². The standard InChI is InChI=1S/C23H31N5O3/c1-3-11-26-19(12-16-7-5-4-6-8-16)23(31)28(2)15-21(30)27-14-17-9-10-18(22(24)25)20(29)13-17/h4-10,13,19,26,29H,3,11-12,14-15H2,1-2H3,(H3,24,25)(H,27,30). The molecular weight excluding hydrogens is 394 g/mol. The Kier molecular flexibility index (Phi) is 9.02. The van der Waals surface area contributed by atoms with Crippen molar-refractivity contribution < 1.29 is 14.7 Å². The minimum atomic E-state index is -0.406. The van der Waals surface area contributed by atoms with Crippen LogP contribution in [-0.4, -0.2) is 53.8 Å². The van der Waals surface area contributed by atoms with Gasteiger partial charge in [0, 0.05) is 13.6 Å². The number of amidine groups is 1. The predicted octanol–water partition coefficient (Wildman–Crippen LogP) is 1.36. The molecule has 0 saturated carbocycles. The highest BCUT2D eigenvalue weighted by molar-refractivity contribution is 5.97. The van der Waals surface area contributed by atoms with E-state index in [4.69, 9.17) is 11.1 Å². The van der Waals surface area contributed by atoms with Gasteiger partial charge in [-0.2, -0.15) is 0 Å². The van der Waals surface area contributed by atoms with Crippen molar-refractivity contribution in [2.75, 3.05) is 20.1 Å². The van der Waals surface area contributed by atoms with Crippen molar-refractivity contribution >= 4 is 17.6 Å². The van der Waals surface area contributed by atoms with Gasteiger partial charge in [-0.25, -0.2) is 0 Å². The van der Waals surface area contributed by atoms with Crippen LogP contribution in [0.25, 0.3) is 0 Å². The number of hydrogen-bond donors (Lipinski definition) is 5. The van der Waals surface area contributed by atoms with Crippen LogP contribution in [0.5, 0.6) is 5.75 Å². The van der Waals surface area contributed by atoms with E-state index in [2.05, 4.69) is 10.6 Å². The average Bonchev–Trinajstić information content (AvgIpc) is 2.75. The molecule has 0 saturated heterocycles. The van der Waals surface area contributed by atoms with Crippen LogP contribution >= 0.6 is 0 Å². The first-order valence-electron chi connectivity index (χ1n) is 10.3. The van der Waals surface area contributed by atoms with Crippen molar-refractivity contribution in [3.63, 3.8) is 0 Å². The number of carbonyl (C=O) groups is 2. The zero-order valence-electron chi connectivity index (χ0n) is 18.0. The maximum atomic E-state index is 12.9. The average molecular weight is 426 g/mol. The zero-order chi connectivity index (χ0) is 22.8. The van der Waals surface area contributed by atoms with Crippen LogP contribution in [0.15, 0.2) is 48.5 Å². The van der Waals surface area contributed by atoms with Gasteiger partial charge in [0.2, 0.25) is 11.8 Å². The molecule has 0 aromatic heterocycles. The van der Waals surface area contributed by atoms with E-state index >= 15 is 0 Å². The van der Waals surface area contributed by atoms with Crippen molar-refractivity contribution in [3.05, 3.63) is 65.2 Å². The molecule has 2 rings (SSSR count). The minimum absolute atomic E-state index is 0.0740. The van der Waals surface area contributed by atoms with E-state index in [1.165, 1.54) is 17.0 Å². The molecule has 0 spiro atoms. The Labute approximate surface area is 183 Å². The third kappa shape index (κ3) is 7.42. The number of aromatic hydroxyl groups is 1. The van der Waals surface area contributed by atoms with Crippen molar-refractivity contribution in [2.24, 2.45) is 5.73 Å². The van der Waals surface area contributed by atoms with Gasteiger partial charge in [-0.1, -0.05) is 43.3 Å². The van der Waals surface area contributed by atoms with Crippen LogP contribution in [0.4, 0.5) is 0 Å². The first-order chi connectivity index (χ1) is 14.8. The third-order valence-corrected chi connectivity index (χ3v) is 4.82. The second-order valence-electron chi connectivity index (χ2n) is 7.43. The van der Waals surface area contributed by atoms with Gasteiger partial charge in [0.15, 0.2) is 0 Å². The van der Waals surface area contributed by atoms with Gasteiger partial charge in [0.25, 0.3) is 0 Å². The lowest BCUT2D eigenvalue weighted by Gasteiger charge is -2.24. The molecule has 2 amide bonds. The molecule has 166 valence electrons.